The molecule has 2 aromatic carbocycles. The number of benzene rings is 2. The highest BCUT2D eigenvalue weighted by Crippen LogP contribution is 2.28. The van der Waals surface area contributed by atoms with Gasteiger partial charge in [0.15, 0.2) is 5.76 Å². The van der Waals surface area contributed by atoms with Crippen LogP contribution in [0.15, 0.2) is 71.3 Å². The Morgan fingerprint density at radius 3 is 2.57 bits per heavy atom. The van der Waals surface area contributed by atoms with E-state index in [9.17, 15) is 9.59 Å². The lowest BCUT2D eigenvalue weighted by Crippen LogP contribution is -2.15. The molecule has 7 heteroatoms. The molecule has 28 heavy (non-hydrogen) atoms. The summed E-state index contributed by atoms with van der Waals surface area (Å²) in [7, 11) is 1.51. The van der Waals surface area contributed by atoms with Crippen molar-refractivity contribution in [2.24, 2.45) is 0 Å². The van der Waals surface area contributed by atoms with Gasteiger partial charge in [0.1, 0.15) is 5.75 Å². The van der Waals surface area contributed by atoms with Crippen LogP contribution in [0.3, 0.4) is 0 Å². The number of carbonyl (C=O) groups is 2. The molecule has 0 unspecified atom stereocenters. The lowest BCUT2D eigenvalue weighted by molar-refractivity contribution is -0.113. The fourth-order valence-electron chi connectivity index (χ4n) is 2.51. The van der Waals surface area contributed by atoms with Crippen LogP contribution in [0.2, 0.25) is 0 Å². The van der Waals surface area contributed by atoms with Gasteiger partial charge in [-0.05, 0) is 35.9 Å². The molecule has 144 valence electrons. The topological polar surface area (TPSA) is 80.6 Å². The van der Waals surface area contributed by atoms with Crippen LogP contribution >= 0.6 is 11.8 Å². The minimum Gasteiger partial charge on any atom is -0.495 e. The molecule has 0 aliphatic carbocycles. The highest BCUT2D eigenvalue weighted by atomic mass is 32.2. The normalized spacial score (nSPS) is 10.3. The van der Waals surface area contributed by atoms with E-state index in [4.69, 9.17) is 9.15 Å². The second-order valence-electron chi connectivity index (χ2n) is 5.87. The molecule has 0 fully saturated rings. The van der Waals surface area contributed by atoms with Crippen LogP contribution < -0.4 is 15.4 Å². The molecular formula is C21H20N2O4S. The average molecular weight is 396 g/mol. The molecule has 0 saturated carbocycles. The molecular weight excluding hydrogens is 376 g/mol. The monoisotopic (exact) mass is 396 g/mol. The lowest BCUT2D eigenvalue weighted by atomic mass is 10.2. The zero-order valence-corrected chi connectivity index (χ0v) is 16.1. The predicted octanol–water partition coefficient (Wildman–Crippen LogP) is 4.41. The van der Waals surface area contributed by atoms with E-state index < -0.39 is 5.91 Å². The third-order valence-electron chi connectivity index (χ3n) is 3.82. The predicted molar refractivity (Wildman–Crippen MR) is 111 cm³/mol. The number of rotatable bonds is 8. The summed E-state index contributed by atoms with van der Waals surface area (Å²) >= 11 is 1.54. The van der Waals surface area contributed by atoms with E-state index >= 15 is 0 Å². The Kier molecular flexibility index (Phi) is 6.75. The number of nitrogens with one attached hydrogen (secondary N) is 2. The maximum Gasteiger partial charge on any atom is 0.291 e. The van der Waals surface area contributed by atoms with E-state index in [0.717, 1.165) is 5.75 Å². The van der Waals surface area contributed by atoms with Crippen molar-refractivity contribution in [3.8, 4) is 5.75 Å². The van der Waals surface area contributed by atoms with Gasteiger partial charge in [-0.3, -0.25) is 9.59 Å². The summed E-state index contributed by atoms with van der Waals surface area (Å²) in [6.07, 6.45) is 1.43. The smallest absolute Gasteiger partial charge is 0.291 e. The number of hydrogen-bond acceptors (Lipinski definition) is 5. The summed E-state index contributed by atoms with van der Waals surface area (Å²) in [6.45, 7) is 0. The van der Waals surface area contributed by atoms with Crippen LogP contribution in [-0.2, 0) is 10.5 Å². The van der Waals surface area contributed by atoms with Crippen LogP contribution in [0, 0.1) is 0 Å². The number of anilines is 2. The third-order valence-corrected chi connectivity index (χ3v) is 4.82. The van der Waals surface area contributed by atoms with Gasteiger partial charge in [0, 0.05) is 11.4 Å². The fourth-order valence-corrected chi connectivity index (χ4v) is 3.30. The Labute approximate surface area is 167 Å². The van der Waals surface area contributed by atoms with Crippen molar-refractivity contribution in [2.45, 2.75) is 5.75 Å². The minimum atomic E-state index is -0.398. The number of ether oxygens (including phenoxy) is 1. The third kappa shape index (κ3) is 5.40. The van der Waals surface area contributed by atoms with Gasteiger partial charge in [-0.1, -0.05) is 30.3 Å². The van der Waals surface area contributed by atoms with Crippen molar-refractivity contribution in [3.63, 3.8) is 0 Å². The van der Waals surface area contributed by atoms with Gasteiger partial charge in [-0.15, -0.1) is 11.8 Å². The molecule has 2 amide bonds. The number of thioether (sulfide) groups is 1. The Morgan fingerprint density at radius 1 is 1.04 bits per heavy atom. The summed E-state index contributed by atoms with van der Waals surface area (Å²) in [5, 5.41) is 5.57. The zero-order chi connectivity index (χ0) is 19.8. The minimum absolute atomic E-state index is 0.116. The van der Waals surface area contributed by atoms with E-state index in [0.29, 0.717) is 22.9 Å². The molecule has 0 saturated heterocycles. The van der Waals surface area contributed by atoms with E-state index in [-0.39, 0.29) is 11.7 Å². The Morgan fingerprint density at radius 2 is 1.86 bits per heavy atom. The summed E-state index contributed by atoms with van der Waals surface area (Å²) < 4.78 is 10.4. The van der Waals surface area contributed by atoms with Crippen molar-refractivity contribution >= 4 is 35.0 Å². The maximum atomic E-state index is 12.2. The first kappa shape index (κ1) is 19.6. The van der Waals surface area contributed by atoms with E-state index in [1.165, 1.54) is 30.7 Å². The van der Waals surface area contributed by atoms with Crippen molar-refractivity contribution in [1.29, 1.82) is 0 Å². The molecule has 2 N–H and O–H groups in total. The van der Waals surface area contributed by atoms with Gasteiger partial charge >= 0.3 is 0 Å². The van der Waals surface area contributed by atoms with Crippen LogP contribution in [-0.4, -0.2) is 24.7 Å². The Bertz CT molecular complexity index is 927. The fraction of sp³-hybridized carbons (Fsp3) is 0.143. The first-order chi connectivity index (χ1) is 13.7. The maximum absolute atomic E-state index is 12.2. The number of hydrogen-bond donors (Lipinski definition) is 2. The van der Waals surface area contributed by atoms with E-state index in [1.807, 2.05) is 30.3 Å². The first-order valence-electron chi connectivity index (χ1n) is 8.60. The highest BCUT2D eigenvalue weighted by molar-refractivity contribution is 7.99. The standard InChI is InChI=1S/C21H20N2O4S/c1-26-18-10-9-16(12-17(18)23-21(25)19-8-5-11-27-19)22-20(24)14-28-13-15-6-3-2-4-7-15/h2-12H,13-14H2,1H3,(H,22,24)(H,23,25). The number of amides is 2. The quantitative estimate of drug-likeness (QED) is 0.589. The number of furan rings is 1. The van der Waals surface area contributed by atoms with E-state index in [2.05, 4.69) is 10.6 Å². The van der Waals surface area contributed by atoms with Gasteiger partial charge < -0.3 is 19.8 Å². The van der Waals surface area contributed by atoms with Gasteiger partial charge in [-0.2, -0.15) is 0 Å². The van der Waals surface area contributed by atoms with Crippen molar-refractivity contribution in [2.75, 3.05) is 23.5 Å². The molecule has 6 nitrogen and oxygen atoms in total. The number of carbonyl (C=O) groups excluding carboxylic acids is 2. The Balaban J connectivity index is 1.59. The van der Waals surface area contributed by atoms with E-state index in [1.54, 1.807) is 30.3 Å². The molecule has 0 radical (unpaired) electrons. The van der Waals surface area contributed by atoms with Gasteiger partial charge in [-0.25, -0.2) is 0 Å². The number of methoxy groups -OCH3 is 1. The molecule has 0 spiro atoms. The summed E-state index contributed by atoms with van der Waals surface area (Å²) in [5.74, 6) is 1.25. The largest absolute Gasteiger partial charge is 0.495 e. The SMILES string of the molecule is COc1ccc(NC(=O)CSCc2ccccc2)cc1NC(=O)c1ccco1. The second kappa shape index (κ2) is 9.66. The molecule has 0 atom stereocenters. The summed E-state index contributed by atoms with van der Waals surface area (Å²) in [6, 6.07) is 18.2. The lowest BCUT2D eigenvalue weighted by Gasteiger charge is -2.12. The zero-order valence-electron chi connectivity index (χ0n) is 15.3. The molecule has 3 rings (SSSR count). The van der Waals surface area contributed by atoms with Gasteiger partial charge in [0.25, 0.3) is 5.91 Å². The van der Waals surface area contributed by atoms with Gasteiger partial charge in [0.2, 0.25) is 5.91 Å². The van der Waals surface area contributed by atoms with Crippen molar-refractivity contribution < 1.29 is 18.7 Å². The van der Waals surface area contributed by atoms with Crippen LogP contribution in [0.1, 0.15) is 16.1 Å². The first-order valence-corrected chi connectivity index (χ1v) is 9.75. The Hall–Kier alpha value is -3.19. The summed E-state index contributed by atoms with van der Waals surface area (Å²) in [5.41, 5.74) is 2.19. The van der Waals surface area contributed by atoms with Crippen LogP contribution in [0.5, 0.6) is 5.75 Å². The second-order valence-corrected chi connectivity index (χ2v) is 6.86. The molecule has 0 bridgehead atoms. The molecule has 3 aromatic rings. The van der Waals surface area contributed by atoms with Crippen LogP contribution in [0.25, 0.3) is 0 Å². The molecule has 0 aliphatic rings. The van der Waals surface area contributed by atoms with Crippen molar-refractivity contribution in [3.05, 3.63) is 78.3 Å². The molecule has 1 heterocycles. The average Bonchev–Trinajstić information content (AvgIpc) is 3.24. The molecule has 1 aromatic heterocycles. The van der Waals surface area contributed by atoms with Crippen molar-refractivity contribution in [1.82, 2.24) is 0 Å². The van der Waals surface area contributed by atoms with Crippen LogP contribution in [0.4, 0.5) is 11.4 Å². The van der Waals surface area contributed by atoms with Gasteiger partial charge in [0.05, 0.1) is 24.8 Å². The summed E-state index contributed by atoms with van der Waals surface area (Å²) in [4.78, 5) is 24.4. The highest BCUT2D eigenvalue weighted by Gasteiger charge is 2.13. The molecule has 0 aliphatic heterocycles.